The summed E-state index contributed by atoms with van der Waals surface area (Å²) in [5.74, 6) is 0. The molecule has 0 fully saturated rings. The molecule has 1 aromatic carbocycles. The van der Waals surface area contributed by atoms with Crippen LogP contribution in [0.1, 0.15) is 17.4 Å². The second-order valence-electron chi connectivity index (χ2n) is 4.16. The Balaban J connectivity index is 1.88. The number of carbonyl (C=O) groups excluding carboxylic acids is 1. The molecule has 5 heteroatoms. The summed E-state index contributed by atoms with van der Waals surface area (Å²) in [7, 11) is 0. The Morgan fingerprint density at radius 1 is 1.37 bits per heavy atom. The zero-order valence-corrected chi connectivity index (χ0v) is 11.6. The van der Waals surface area contributed by atoms with Crippen molar-refractivity contribution in [2.45, 2.75) is 19.9 Å². The number of amides is 2. The van der Waals surface area contributed by atoms with Gasteiger partial charge in [0.2, 0.25) is 0 Å². The van der Waals surface area contributed by atoms with Gasteiger partial charge in [0, 0.05) is 16.3 Å². The second-order valence-corrected chi connectivity index (χ2v) is 5.16. The fraction of sp³-hybridized carbons (Fsp3) is 0.214. The first-order chi connectivity index (χ1) is 9.19. The fourth-order valence-corrected chi connectivity index (χ4v) is 2.71. The molecule has 0 spiro atoms. The summed E-state index contributed by atoms with van der Waals surface area (Å²) in [5, 5.41) is 7.65. The lowest BCUT2D eigenvalue weighted by molar-refractivity contribution is 0.252. The molecule has 4 nitrogen and oxygen atoms in total. The Hall–Kier alpha value is -2.01. The first-order valence-electron chi connectivity index (χ1n) is 6.14. The number of nitrogen functional groups attached to an aromatic ring is 1. The minimum atomic E-state index is -0.221. The molecule has 0 radical (unpaired) electrons. The topological polar surface area (TPSA) is 67.2 Å². The monoisotopic (exact) mass is 275 g/mol. The van der Waals surface area contributed by atoms with Gasteiger partial charge in [-0.05, 0) is 41.6 Å². The Morgan fingerprint density at radius 3 is 2.95 bits per heavy atom. The molecule has 0 atom stereocenters. The highest BCUT2D eigenvalue weighted by Crippen LogP contribution is 2.17. The average Bonchev–Trinajstić information content (AvgIpc) is 2.83. The Morgan fingerprint density at radius 2 is 2.21 bits per heavy atom. The van der Waals surface area contributed by atoms with Gasteiger partial charge in [-0.2, -0.15) is 0 Å². The molecule has 0 aliphatic rings. The van der Waals surface area contributed by atoms with E-state index in [0.717, 1.165) is 6.42 Å². The smallest absolute Gasteiger partial charge is 0.319 e. The summed E-state index contributed by atoms with van der Waals surface area (Å²) < 4.78 is 0. The Bertz CT molecular complexity index is 565. The van der Waals surface area contributed by atoms with Crippen molar-refractivity contribution in [2.75, 3.05) is 11.1 Å². The van der Waals surface area contributed by atoms with E-state index in [-0.39, 0.29) is 6.03 Å². The van der Waals surface area contributed by atoms with Crippen molar-refractivity contribution in [3.63, 3.8) is 0 Å². The molecule has 1 heterocycles. The van der Waals surface area contributed by atoms with Crippen LogP contribution in [0.4, 0.5) is 16.2 Å². The van der Waals surface area contributed by atoms with Crippen LogP contribution >= 0.6 is 11.3 Å². The zero-order valence-electron chi connectivity index (χ0n) is 10.8. The quantitative estimate of drug-likeness (QED) is 0.750. The third kappa shape index (κ3) is 3.72. The van der Waals surface area contributed by atoms with Gasteiger partial charge in [-0.1, -0.05) is 13.0 Å². The van der Waals surface area contributed by atoms with Crippen molar-refractivity contribution in [1.29, 1.82) is 0 Å². The van der Waals surface area contributed by atoms with Gasteiger partial charge in [0.25, 0.3) is 0 Å². The van der Waals surface area contributed by atoms with Crippen LogP contribution in [0.2, 0.25) is 0 Å². The highest BCUT2D eigenvalue weighted by atomic mass is 32.1. The van der Waals surface area contributed by atoms with Crippen molar-refractivity contribution in [3.05, 3.63) is 46.2 Å². The van der Waals surface area contributed by atoms with Gasteiger partial charge >= 0.3 is 6.03 Å². The van der Waals surface area contributed by atoms with Crippen molar-refractivity contribution < 1.29 is 4.79 Å². The molecular formula is C14H17N3OS. The van der Waals surface area contributed by atoms with Crippen LogP contribution in [0.15, 0.2) is 35.7 Å². The molecule has 100 valence electrons. The Labute approximate surface area is 116 Å². The lowest BCUT2D eigenvalue weighted by Gasteiger charge is -2.08. The van der Waals surface area contributed by atoms with Crippen LogP contribution < -0.4 is 16.4 Å². The van der Waals surface area contributed by atoms with Gasteiger partial charge in [0.15, 0.2) is 0 Å². The largest absolute Gasteiger partial charge is 0.399 e. The average molecular weight is 275 g/mol. The fourth-order valence-electron chi connectivity index (χ4n) is 1.79. The van der Waals surface area contributed by atoms with Crippen molar-refractivity contribution >= 4 is 28.7 Å². The lowest BCUT2D eigenvalue weighted by atomic mass is 10.2. The number of benzene rings is 1. The summed E-state index contributed by atoms with van der Waals surface area (Å²) >= 11 is 1.66. The summed E-state index contributed by atoms with van der Waals surface area (Å²) in [6, 6.07) is 8.99. The number of rotatable bonds is 4. The van der Waals surface area contributed by atoms with E-state index >= 15 is 0 Å². The van der Waals surface area contributed by atoms with E-state index in [4.69, 9.17) is 5.73 Å². The zero-order chi connectivity index (χ0) is 13.7. The van der Waals surface area contributed by atoms with Crippen LogP contribution in [0, 0.1) is 0 Å². The molecule has 4 N–H and O–H groups in total. The van der Waals surface area contributed by atoms with Crippen molar-refractivity contribution in [1.82, 2.24) is 5.32 Å². The molecule has 0 aliphatic heterocycles. The highest BCUT2D eigenvalue weighted by Gasteiger charge is 2.05. The lowest BCUT2D eigenvalue weighted by Crippen LogP contribution is -2.28. The number of aryl methyl sites for hydroxylation is 1. The van der Waals surface area contributed by atoms with Crippen LogP contribution in [0.3, 0.4) is 0 Å². The first-order valence-corrected chi connectivity index (χ1v) is 7.02. The maximum absolute atomic E-state index is 11.8. The van der Waals surface area contributed by atoms with Gasteiger partial charge in [-0.25, -0.2) is 4.79 Å². The summed E-state index contributed by atoms with van der Waals surface area (Å²) in [4.78, 5) is 13.0. The van der Waals surface area contributed by atoms with Gasteiger partial charge in [-0.15, -0.1) is 11.3 Å². The Kier molecular flexibility index (Phi) is 4.41. The van der Waals surface area contributed by atoms with E-state index in [2.05, 4.69) is 23.6 Å². The van der Waals surface area contributed by atoms with Gasteiger partial charge < -0.3 is 16.4 Å². The first kappa shape index (κ1) is 13.4. The predicted molar refractivity (Wildman–Crippen MR) is 80.4 cm³/mol. The molecule has 2 rings (SSSR count). The van der Waals surface area contributed by atoms with E-state index in [0.29, 0.717) is 17.9 Å². The van der Waals surface area contributed by atoms with Crippen molar-refractivity contribution in [3.8, 4) is 0 Å². The molecule has 0 saturated heterocycles. The molecule has 1 aromatic heterocycles. The van der Waals surface area contributed by atoms with Crippen LogP contribution in [0.25, 0.3) is 0 Å². The van der Waals surface area contributed by atoms with Gasteiger partial charge in [0.1, 0.15) is 0 Å². The molecule has 19 heavy (non-hydrogen) atoms. The SMILES string of the molecule is CCc1ccsc1CNC(=O)Nc1cccc(N)c1. The third-order valence-electron chi connectivity index (χ3n) is 2.77. The van der Waals surface area contributed by atoms with Gasteiger partial charge in [0.05, 0.1) is 6.54 Å². The van der Waals surface area contributed by atoms with Crippen LogP contribution in [-0.2, 0) is 13.0 Å². The summed E-state index contributed by atoms with van der Waals surface area (Å²) in [6.07, 6.45) is 0.983. The molecule has 2 amide bonds. The normalized spacial score (nSPS) is 10.2. The van der Waals surface area contributed by atoms with E-state index in [1.807, 2.05) is 5.38 Å². The molecule has 0 bridgehead atoms. The molecule has 2 aromatic rings. The van der Waals surface area contributed by atoms with E-state index < -0.39 is 0 Å². The third-order valence-corrected chi connectivity index (χ3v) is 3.74. The maximum Gasteiger partial charge on any atom is 0.319 e. The molecule has 0 aliphatic carbocycles. The maximum atomic E-state index is 11.8. The summed E-state index contributed by atoms with van der Waals surface area (Å²) in [5.41, 5.74) is 8.26. The van der Waals surface area contributed by atoms with E-state index in [1.54, 1.807) is 35.6 Å². The van der Waals surface area contributed by atoms with Gasteiger partial charge in [-0.3, -0.25) is 0 Å². The minimum absolute atomic E-state index is 0.221. The predicted octanol–water partition coefficient (Wildman–Crippen LogP) is 3.21. The number of hydrogen-bond donors (Lipinski definition) is 3. The van der Waals surface area contributed by atoms with Crippen molar-refractivity contribution in [2.24, 2.45) is 0 Å². The molecule has 0 unspecified atom stereocenters. The number of carbonyl (C=O) groups is 1. The standard InChI is InChI=1S/C14H17N3OS/c1-2-10-6-7-19-13(10)9-16-14(18)17-12-5-3-4-11(15)8-12/h3-8H,2,9,15H2,1H3,(H2,16,17,18). The number of nitrogens with one attached hydrogen (secondary N) is 2. The number of thiophene rings is 1. The number of nitrogens with two attached hydrogens (primary N) is 1. The number of hydrogen-bond acceptors (Lipinski definition) is 3. The van der Waals surface area contributed by atoms with Crippen LogP contribution in [0.5, 0.6) is 0 Å². The second kappa shape index (κ2) is 6.24. The van der Waals surface area contributed by atoms with E-state index in [9.17, 15) is 4.79 Å². The molecular weight excluding hydrogens is 258 g/mol. The molecule has 0 saturated carbocycles. The number of urea groups is 1. The summed E-state index contributed by atoms with van der Waals surface area (Å²) in [6.45, 7) is 2.66. The van der Waals surface area contributed by atoms with E-state index in [1.165, 1.54) is 10.4 Å². The number of anilines is 2. The van der Waals surface area contributed by atoms with Crippen LogP contribution in [-0.4, -0.2) is 6.03 Å². The minimum Gasteiger partial charge on any atom is -0.399 e. The highest BCUT2D eigenvalue weighted by molar-refractivity contribution is 7.10.